The van der Waals surface area contributed by atoms with E-state index in [0.29, 0.717) is 18.0 Å². The van der Waals surface area contributed by atoms with Crippen molar-refractivity contribution in [3.63, 3.8) is 0 Å². The van der Waals surface area contributed by atoms with Crippen LogP contribution in [0.25, 0.3) is 0 Å². The van der Waals surface area contributed by atoms with Gasteiger partial charge in [0.2, 0.25) is 0 Å². The molecule has 0 radical (unpaired) electrons. The average molecular weight is 299 g/mol. The third kappa shape index (κ3) is 4.18. The Morgan fingerprint density at radius 3 is 2.85 bits per heavy atom. The third-order valence-corrected chi connectivity index (χ3v) is 4.15. The highest BCUT2D eigenvalue weighted by atomic mass is 35.5. The monoisotopic (exact) mass is 298 g/mol. The SMILES string of the molecule is CC(C)CC1CNC(C)CN1Cc1ccc(Cl)c(F)c1. The Hall–Kier alpha value is -0.640. The first-order chi connectivity index (χ1) is 9.45. The molecule has 4 heteroatoms. The molecule has 0 bridgehead atoms. The molecule has 1 fully saturated rings. The maximum absolute atomic E-state index is 13.6. The minimum atomic E-state index is -0.326. The van der Waals surface area contributed by atoms with E-state index >= 15 is 0 Å². The van der Waals surface area contributed by atoms with Crippen molar-refractivity contribution in [3.05, 3.63) is 34.6 Å². The molecular formula is C16H24ClFN2. The summed E-state index contributed by atoms with van der Waals surface area (Å²) in [4.78, 5) is 2.46. The van der Waals surface area contributed by atoms with Gasteiger partial charge in [-0.25, -0.2) is 4.39 Å². The zero-order valence-corrected chi connectivity index (χ0v) is 13.3. The molecule has 0 aromatic heterocycles. The molecule has 1 heterocycles. The lowest BCUT2D eigenvalue weighted by Gasteiger charge is -2.40. The van der Waals surface area contributed by atoms with Crippen LogP contribution in [0.4, 0.5) is 4.39 Å². The number of benzene rings is 1. The van der Waals surface area contributed by atoms with Crippen molar-refractivity contribution in [2.24, 2.45) is 5.92 Å². The minimum Gasteiger partial charge on any atom is -0.311 e. The number of hydrogen-bond acceptors (Lipinski definition) is 2. The Morgan fingerprint density at radius 1 is 1.45 bits per heavy atom. The third-order valence-electron chi connectivity index (χ3n) is 3.84. The number of halogens is 2. The predicted molar refractivity (Wildman–Crippen MR) is 82.5 cm³/mol. The maximum Gasteiger partial charge on any atom is 0.142 e. The largest absolute Gasteiger partial charge is 0.311 e. The number of nitrogens with zero attached hydrogens (tertiary/aromatic N) is 1. The van der Waals surface area contributed by atoms with Gasteiger partial charge in [0.1, 0.15) is 5.82 Å². The molecule has 2 nitrogen and oxygen atoms in total. The van der Waals surface area contributed by atoms with E-state index in [9.17, 15) is 4.39 Å². The van der Waals surface area contributed by atoms with E-state index in [0.717, 1.165) is 31.6 Å². The van der Waals surface area contributed by atoms with Crippen molar-refractivity contribution in [1.82, 2.24) is 10.2 Å². The van der Waals surface area contributed by atoms with Crippen molar-refractivity contribution in [2.45, 2.75) is 45.8 Å². The van der Waals surface area contributed by atoms with Gasteiger partial charge >= 0.3 is 0 Å². The molecule has 0 saturated carbocycles. The highest BCUT2D eigenvalue weighted by Gasteiger charge is 2.26. The van der Waals surface area contributed by atoms with Crippen molar-refractivity contribution < 1.29 is 4.39 Å². The van der Waals surface area contributed by atoms with Gasteiger partial charge in [0.25, 0.3) is 0 Å². The van der Waals surface area contributed by atoms with Crippen molar-refractivity contribution >= 4 is 11.6 Å². The van der Waals surface area contributed by atoms with Crippen LogP contribution in [0.2, 0.25) is 5.02 Å². The lowest BCUT2D eigenvalue weighted by atomic mass is 9.98. The lowest BCUT2D eigenvalue weighted by Crippen LogP contribution is -2.55. The molecule has 1 N–H and O–H groups in total. The smallest absolute Gasteiger partial charge is 0.142 e. The second-order valence-electron chi connectivity index (χ2n) is 6.27. The van der Waals surface area contributed by atoms with E-state index in [1.165, 1.54) is 0 Å². The summed E-state index contributed by atoms with van der Waals surface area (Å²) in [5, 5.41) is 3.73. The first kappa shape index (κ1) is 15.7. The molecule has 2 unspecified atom stereocenters. The van der Waals surface area contributed by atoms with Gasteiger partial charge in [-0.05, 0) is 37.0 Å². The molecule has 2 rings (SSSR count). The Bertz CT molecular complexity index is 450. The Kier molecular flexibility index (Phi) is 5.42. The van der Waals surface area contributed by atoms with E-state index in [1.54, 1.807) is 12.1 Å². The lowest BCUT2D eigenvalue weighted by molar-refractivity contribution is 0.111. The first-order valence-electron chi connectivity index (χ1n) is 7.37. The second-order valence-corrected chi connectivity index (χ2v) is 6.68. The summed E-state index contributed by atoms with van der Waals surface area (Å²) >= 11 is 5.75. The van der Waals surface area contributed by atoms with Crippen molar-refractivity contribution in [1.29, 1.82) is 0 Å². The standard InChI is InChI=1S/C16H24ClFN2/c1-11(2)6-14-8-19-12(3)9-20(14)10-13-4-5-15(17)16(18)7-13/h4-5,7,11-12,14,19H,6,8-10H2,1-3H3. The quantitative estimate of drug-likeness (QED) is 0.912. The molecule has 20 heavy (non-hydrogen) atoms. The molecular weight excluding hydrogens is 275 g/mol. The van der Waals surface area contributed by atoms with Crippen LogP contribution in [-0.2, 0) is 6.54 Å². The van der Waals surface area contributed by atoms with E-state index in [1.807, 2.05) is 6.07 Å². The molecule has 112 valence electrons. The first-order valence-corrected chi connectivity index (χ1v) is 7.75. The van der Waals surface area contributed by atoms with E-state index in [4.69, 9.17) is 11.6 Å². The summed E-state index contributed by atoms with van der Waals surface area (Å²) in [5.74, 6) is 0.340. The van der Waals surface area contributed by atoms with Crippen LogP contribution >= 0.6 is 11.6 Å². The summed E-state index contributed by atoms with van der Waals surface area (Å²) in [6.07, 6.45) is 1.16. The molecule has 1 aromatic carbocycles. The fourth-order valence-electron chi connectivity index (χ4n) is 2.87. The molecule has 0 spiro atoms. The van der Waals surface area contributed by atoms with Gasteiger partial charge in [-0.2, -0.15) is 0 Å². The van der Waals surface area contributed by atoms with Crippen LogP contribution in [0, 0.1) is 11.7 Å². The molecule has 2 atom stereocenters. The summed E-state index contributed by atoms with van der Waals surface area (Å²) in [6, 6.07) is 6.13. The summed E-state index contributed by atoms with van der Waals surface area (Å²) in [5.41, 5.74) is 0.995. The van der Waals surface area contributed by atoms with Crippen molar-refractivity contribution in [2.75, 3.05) is 13.1 Å². The van der Waals surface area contributed by atoms with E-state index in [-0.39, 0.29) is 10.8 Å². The Labute approximate surface area is 126 Å². The zero-order chi connectivity index (χ0) is 14.7. The van der Waals surface area contributed by atoms with Crippen LogP contribution in [0.1, 0.15) is 32.8 Å². The van der Waals surface area contributed by atoms with Crippen LogP contribution in [0.5, 0.6) is 0 Å². The van der Waals surface area contributed by atoms with Gasteiger partial charge in [-0.3, -0.25) is 4.90 Å². The van der Waals surface area contributed by atoms with Gasteiger partial charge in [0.15, 0.2) is 0 Å². The van der Waals surface area contributed by atoms with Gasteiger partial charge in [0, 0.05) is 31.7 Å². The van der Waals surface area contributed by atoms with Crippen LogP contribution in [0.3, 0.4) is 0 Å². The molecule has 0 amide bonds. The topological polar surface area (TPSA) is 15.3 Å². The number of nitrogens with one attached hydrogen (secondary N) is 1. The highest BCUT2D eigenvalue weighted by Crippen LogP contribution is 2.21. The molecule has 1 aliphatic rings. The summed E-state index contributed by atoms with van der Waals surface area (Å²) in [6.45, 7) is 9.49. The Morgan fingerprint density at radius 2 is 2.20 bits per heavy atom. The van der Waals surface area contributed by atoms with Gasteiger partial charge < -0.3 is 5.32 Å². The summed E-state index contributed by atoms with van der Waals surface area (Å²) in [7, 11) is 0. The fourth-order valence-corrected chi connectivity index (χ4v) is 2.99. The highest BCUT2D eigenvalue weighted by molar-refractivity contribution is 6.30. The molecule has 0 aliphatic carbocycles. The Balaban J connectivity index is 2.08. The second kappa shape index (κ2) is 6.88. The fraction of sp³-hybridized carbons (Fsp3) is 0.625. The normalized spacial score (nSPS) is 24.3. The molecule has 1 saturated heterocycles. The van der Waals surface area contributed by atoms with Crippen LogP contribution in [0.15, 0.2) is 18.2 Å². The zero-order valence-electron chi connectivity index (χ0n) is 12.5. The van der Waals surface area contributed by atoms with Crippen molar-refractivity contribution in [3.8, 4) is 0 Å². The van der Waals surface area contributed by atoms with Gasteiger partial charge in [-0.15, -0.1) is 0 Å². The number of hydrogen-bond donors (Lipinski definition) is 1. The van der Waals surface area contributed by atoms with Gasteiger partial charge in [-0.1, -0.05) is 31.5 Å². The van der Waals surface area contributed by atoms with E-state index in [2.05, 4.69) is 31.0 Å². The maximum atomic E-state index is 13.6. The molecule has 1 aromatic rings. The van der Waals surface area contributed by atoms with Crippen LogP contribution in [-0.4, -0.2) is 30.1 Å². The average Bonchev–Trinajstić information content (AvgIpc) is 2.37. The summed E-state index contributed by atoms with van der Waals surface area (Å²) < 4.78 is 13.6. The number of piperazine rings is 1. The molecule has 1 aliphatic heterocycles. The van der Waals surface area contributed by atoms with Crippen LogP contribution < -0.4 is 5.32 Å². The number of rotatable bonds is 4. The van der Waals surface area contributed by atoms with E-state index < -0.39 is 0 Å². The minimum absolute atomic E-state index is 0.196. The predicted octanol–water partition coefficient (Wildman–Crippen LogP) is 3.69. The van der Waals surface area contributed by atoms with Gasteiger partial charge in [0.05, 0.1) is 5.02 Å².